The molecule has 0 bridgehead atoms. The first kappa shape index (κ1) is 14.1. The molecule has 0 N–H and O–H groups in total. The van der Waals surface area contributed by atoms with Crippen molar-refractivity contribution in [3.05, 3.63) is 24.0 Å². The lowest BCUT2D eigenvalue weighted by molar-refractivity contribution is 0.415. The molecule has 5 heteroatoms. The van der Waals surface area contributed by atoms with Gasteiger partial charge in [-0.05, 0) is 42.9 Å². The summed E-state index contributed by atoms with van der Waals surface area (Å²) in [6, 6.07) is 6.07. The van der Waals surface area contributed by atoms with Crippen molar-refractivity contribution in [1.82, 2.24) is 9.55 Å². The topological polar surface area (TPSA) is 27.1 Å². The van der Waals surface area contributed by atoms with Gasteiger partial charge in [0.1, 0.15) is 11.6 Å². The highest BCUT2D eigenvalue weighted by molar-refractivity contribution is 7.99. The Morgan fingerprint density at radius 2 is 2.40 bits per heavy atom. The van der Waals surface area contributed by atoms with E-state index in [-0.39, 0.29) is 5.38 Å². The van der Waals surface area contributed by atoms with Crippen molar-refractivity contribution in [2.24, 2.45) is 5.92 Å². The number of methoxy groups -OCH3 is 1. The number of fused-ring (bicyclic) bond motifs is 1. The molecule has 3 rings (SSSR count). The molecule has 0 spiro atoms. The third-order valence-electron chi connectivity index (χ3n) is 3.81. The van der Waals surface area contributed by atoms with Crippen LogP contribution >= 0.6 is 23.4 Å². The van der Waals surface area contributed by atoms with Gasteiger partial charge in [0, 0.05) is 12.6 Å². The molecule has 108 valence electrons. The summed E-state index contributed by atoms with van der Waals surface area (Å²) >= 11 is 8.36. The quantitative estimate of drug-likeness (QED) is 0.796. The number of alkyl halides is 1. The van der Waals surface area contributed by atoms with Gasteiger partial charge in [0.25, 0.3) is 0 Å². The number of nitrogens with zero attached hydrogens (tertiary/aromatic N) is 2. The van der Waals surface area contributed by atoms with Crippen molar-refractivity contribution in [3.63, 3.8) is 0 Å². The fourth-order valence-electron chi connectivity index (χ4n) is 2.74. The van der Waals surface area contributed by atoms with Crippen LogP contribution in [-0.2, 0) is 6.54 Å². The number of benzene rings is 1. The Kier molecular flexibility index (Phi) is 4.13. The number of hydrogen-bond donors (Lipinski definition) is 0. The van der Waals surface area contributed by atoms with Crippen molar-refractivity contribution in [1.29, 1.82) is 0 Å². The van der Waals surface area contributed by atoms with Crippen molar-refractivity contribution in [2.45, 2.75) is 25.3 Å². The molecule has 3 nitrogen and oxygen atoms in total. The van der Waals surface area contributed by atoms with E-state index in [2.05, 4.69) is 10.6 Å². The molecule has 2 unspecified atom stereocenters. The first-order valence-corrected chi connectivity index (χ1v) is 8.54. The molecular formula is C15H19ClN2OS. The zero-order chi connectivity index (χ0) is 14.1. The standard InChI is InChI=1S/C15H19ClN2OS/c1-10(16)15-17-13-7-12(19-2)3-4-14(13)18(15)8-11-5-6-20-9-11/h3-4,7,10-11H,5-6,8-9H2,1-2H3. The van der Waals surface area contributed by atoms with Gasteiger partial charge in [0.15, 0.2) is 0 Å². The minimum absolute atomic E-state index is 0.0811. The molecule has 0 radical (unpaired) electrons. The van der Waals surface area contributed by atoms with Gasteiger partial charge in [0.05, 0.1) is 23.5 Å². The van der Waals surface area contributed by atoms with E-state index in [0.29, 0.717) is 0 Å². The highest BCUT2D eigenvalue weighted by Crippen LogP contribution is 2.31. The van der Waals surface area contributed by atoms with Crippen molar-refractivity contribution >= 4 is 34.4 Å². The summed E-state index contributed by atoms with van der Waals surface area (Å²) in [5.74, 6) is 5.05. The molecule has 0 saturated carbocycles. The Labute approximate surface area is 128 Å². The number of thioether (sulfide) groups is 1. The van der Waals surface area contributed by atoms with E-state index < -0.39 is 0 Å². The molecule has 2 atom stereocenters. The maximum atomic E-state index is 6.32. The van der Waals surface area contributed by atoms with Crippen LogP contribution in [0.1, 0.15) is 24.5 Å². The Bertz CT molecular complexity index is 605. The van der Waals surface area contributed by atoms with E-state index in [9.17, 15) is 0 Å². The van der Waals surface area contributed by atoms with Crippen LogP contribution in [0.4, 0.5) is 0 Å². The molecule has 2 heterocycles. The lowest BCUT2D eigenvalue weighted by Gasteiger charge is -2.14. The first-order valence-electron chi connectivity index (χ1n) is 6.95. The summed E-state index contributed by atoms with van der Waals surface area (Å²) < 4.78 is 7.57. The minimum atomic E-state index is -0.0811. The molecule has 1 aliphatic heterocycles. The second kappa shape index (κ2) is 5.86. The number of halogens is 1. The third-order valence-corrected chi connectivity index (χ3v) is 5.23. The molecular weight excluding hydrogens is 292 g/mol. The Morgan fingerprint density at radius 1 is 1.55 bits per heavy atom. The van der Waals surface area contributed by atoms with Crippen LogP contribution in [0.15, 0.2) is 18.2 Å². The predicted octanol–water partition coefficient (Wildman–Crippen LogP) is 4.10. The van der Waals surface area contributed by atoms with E-state index in [1.54, 1.807) is 7.11 Å². The van der Waals surface area contributed by atoms with Crippen LogP contribution in [-0.4, -0.2) is 28.2 Å². The van der Waals surface area contributed by atoms with Gasteiger partial charge in [-0.15, -0.1) is 11.6 Å². The van der Waals surface area contributed by atoms with Gasteiger partial charge in [-0.2, -0.15) is 11.8 Å². The molecule has 2 aromatic rings. The van der Waals surface area contributed by atoms with E-state index in [0.717, 1.165) is 35.1 Å². The monoisotopic (exact) mass is 310 g/mol. The maximum absolute atomic E-state index is 6.32. The van der Waals surface area contributed by atoms with Gasteiger partial charge >= 0.3 is 0 Å². The van der Waals surface area contributed by atoms with Gasteiger partial charge in [0.2, 0.25) is 0 Å². The highest BCUT2D eigenvalue weighted by Gasteiger charge is 2.21. The van der Waals surface area contributed by atoms with E-state index >= 15 is 0 Å². The molecule has 1 aromatic heterocycles. The van der Waals surface area contributed by atoms with Gasteiger partial charge in [-0.1, -0.05) is 0 Å². The van der Waals surface area contributed by atoms with Gasteiger partial charge < -0.3 is 9.30 Å². The zero-order valence-electron chi connectivity index (χ0n) is 11.8. The Balaban J connectivity index is 2.03. The number of ether oxygens (including phenoxy) is 1. The van der Waals surface area contributed by atoms with Crippen molar-refractivity contribution in [3.8, 4) is 5.75 Å². The SMILES string of the molecule is COc1ccc2c(c1)nc(C(C)Cl)n2CC1CCSC1. The fourth-order valence-corrected chi connectivity index (χ4v) is 4.17. The van der Waals surface area contributed by atoms with Crippen LogP contribution in [0.2, 0.25) is 0 Å². The molecule has 1 aromatic carbocycles. The van der Waals surface area contributed by atoms with Crippen LogP contribution in [0.3, 0.4) is 0 Å². The number of aromatic nitrogens is 2. The molecule has 1 fully saturated rings. The predicted molar refractivity (Wildman–Crippen MR) is 86.0 cm³/mol. The van der Waals surface area contributed by atoms with Crippen LogP contribution < -0.4 is 4.74 Å². The Morgan fingerprint density at radius 3 is 3.05 bits per heavy atom. The van der Waals surface area contributed by atoms with Gasteiger partial charge in [-0.25, -0.2) is 4.98 Å². The lowest BCUT2D eigenvalue weighted by Crippen LogP contribution is -2.13. The summed E-state index contributed by atoms with van der Waals surface area (Å²) in [6.07, 6.45) is 1.29. The molecule has 20 heavy (non-hydrogen) atoms. The average Bonchev–Trinajstić information content (AvgIpc) is 3.06. The average molecular weight is 311 g/mol. The molecule has 0 aliphatic carbocycles. The lowest BCUT2D eigenvalue weighted by atomic mass is 10.1. The van der Waals surface area contributed by atoms with Crippen LogP contribution in [0.25, 0.3) is 11.0 Å². The third kappa shape index (κ3) is 2.63. The summed E-state index contributed by atoms with van der Waals surface area (Å²) in [7, 11) is 1.68. The van der Waals surface area contributed by atoms with Crippen LogP contribution in [0.5, 0.6) is 5.75 Å². The summed E-state index contributed by atoms with van der Waals surface area (Å²) in [4.78, 5) is 4.71. The number of imidazole rings is 1. The van der Waals surface area contributed by atoms with Crippen LogP contribution in [0, 0.1) is 5.92 Å². The van der Waals surface area contributed by atoms with E-state index in [1.165, 1.54) is 17.9 Å². The first-order chi connectivity index (χ1) is 9.69. The normalized spacial score (nSPS) is 20.4. The van der Waals surface area contributed by atoms with Crippen molar-refractivity contribution < 1.29 is 4.74 Å². The largest absolute Gasteiger partial charge is 0.497 e. The zero-order valence-corrected chi connectivity index (χ0v) is 13.4. The van der Waals surface area contributed by atoms with E-state index in [1.807, 2.05) is 30.8 Å². The minimum Gasteiger partial charge on any atom is -0.497 e. The molecule has 1 saturated heterocycles. The molecule has 1 aliphatic rings. The summed E-state index contributed by atoms with van der Waals surface area (Å²) in [5.41, 5.74) is 2.13. The summed E-state index contributed by atoms with van der Waals surface area (Å²) in [6.45, 7) is 3.00. The smallest absolute Gasteiger partial charge is 0.127 e. The molecule has 0 amide bonds. The summed E-state index contributed by atoms with van der Waals surface area (Å²) in [5, 5.41) is -0.0811. The highest BCUT2D eigenvalue weighted by atomic mass is 35.5. The number of rotatable bonds is 4. The Hall–Kier alpha value is -0.870. The fraction of sp³-hybridized carbons (Fsp3) is 0.533. The van der Waals surface area contributed by atoms with Gasteiger partial charge in [-0.3, -0.25) is 0 Å². The number of hydrogen-bond acceptors (Lipinski definition) is 3. The second-order valence-electron chi connectivity index (χ2n) is 5.28. The van der Waals surface area contributed by atoms with Crippen molar-refractivity contribution in [2.75, 3.05) is 18.6 Å². The van der Waals surface area contributed by atoms with E-state index in [4.69, 9.17) is 21.3 Å². The second-order valence-corrected chi connectivity index (χ2v) is 7.09. The maximum Gasteiger partial charge on any atom is 0.127 e.